The van der Waals surface area contributed by atoms with Crippen LogP contribution < -0.4 is 0 Å². The van der Waals surface area contributed by atoms with Crippen LogP contribution in [0, 0.1) is 0 Å². The van der Waals surface area contributed by atoms with Gasteiger partial charge in [0.15, 0.2) is 5.76 Å². The van der Waals surface area contributed by atoms with Crippen molar-refractivity contribution in [3.63, 3.8) is 0 Å². The summed E-state index contributed by atoms with van der Waals surface area (Å²) in [6.45, 7) is 2.71. The minimum Gasteiger partial charge on any atom is -0.461 e. The highest BCUT2D eigenvalue weighted by Gasteiger charge is 2.13. The summed E-state index contributed by atoms with van der Waals surface area (Å²) < 4.78 is 10.4. The Kier molecular flexibility index (Phi) is 3.61. The smallest absolute Gasteiger partial charge is 0.202 e. The summed E-state index contributed by atoms with van der Waals surface area (Å²) in [4.78, 5) is 2.00. The van der Waals surface area contributed by atoms with Gasteiger partial charge < -0.3 is 14.0 Å². The normalized spacial score (nSPS) is 13.2. The molecular weight excluding hydrogens is 220 g/mol. The van der Waals surface area contributed by atoms with Crippen molar-refractivity contribution in [3.05, 3.63) is 30.2 Å². The van der Waals surface area contributed by atoms with Crippen LogP contribution in [0.2, 0.25) is 0 Å². The molecule has 2 rings (SSSR count). The first kappa shape index (κ1) is 11.9. The Balaban J connectivity index is 2.04. The summed E-state index contributed by atoms with van der Waals surface area (Å²) in [6.07, 6.45) is 1.59. The average Bonchev–Trinajstić information content (AvgIpc) is 2.97. The van der Waals surface area contributed by atoms with Gasteiger partial charge in [-0.1, -0.05) is 5.16 Å². The highest BCUT2D eigenvalue weighted by atomic mass is 16.5. The van der Waals surface area contributed by atoms with Crippen molar-refractivity contribution in [2.75, 3.05) is 13.7 Å². The van der Waals surface area contributed by atoms with E-state index in [0.29, 0.717) is 18.1 Å². The third-order valence-corrected chi connectivity index (χ3v) is 2.75. The number of hydrogen-bond acceptors (Lipinski definition) is 5. The lowest BCUT2D eigenvalue weighted by atomic mass is 10.2. The van der Waals surface area contributed by atoms with Crippen molar-refractivity contribution < 1.29 is 14.0 Å². The molecule has 0 aliphatic rings. The Hall–Kier alpha value is -1.59. The van der Waals surface area contributed by atoms with Crippen LogP contribution in [0.3, 0.4) is 0 Å². The molecule has 0 saturated heterocycles. The molecule has 0 bridgehead atoms. The van der Waals surface area contributed by atoms with Gasteiger partial charge >= 0.3 is 0 Å². The lowest BCUT2D eigenvalue weighted by Crippen LogP contribution is -2.31. The summed E-state index contributed by atoms with van der Waals surface area (Å²) in [5.74, 6) is 1.29. The molecule has 0 aromatic carbocycles. The zero-order chi connectivity index (χ0) is 12.3. The van der Waals surface area contributed by atoms with Crippen LogP contribution in [-0.2, 0) is 6.54 Å². The van der Waals surface area contributed by atoms with E-state index in [2.05, 4.69) is 5.16 Å². The van der Waals surface area contributed by atoms with Gasteiger partial charge in [-0.3, -0.25) is 4.90 Å². The van der Waals surface area contributed by atoms with Crippen LogP contribution in [0.5, 0.6) is 0 Å². The molecule has 0 fully saturated rings. The van der Waals surface area contributed by atoms with Crippen LogP contribution in [0.15, 0.2) is 33.4 Å². The number of aliphatic hydroxyl groups is 1. The predicted molar refractivity (Wildman–Crippen MR) is 62.2 cm³/mol. The van der Waals surface area contributed by atoms with E-state index in [9.17, 15) is 0 Å². The zero-order valence-electron chi connectivity index (χ0n) is 9.96. The molecule has 0 aliphatic carbocycles. The van der Waals surface area contributed by atoms with Gasteiger partial charge in [0, 0.05) is 18.7 Å². The van der Waals surface area contributed by atoms with Crippen LogP contribution in [0.4, 0.5) is 0 Å². The highest BCUT2D eigenvalue weighted by Crippen LogP contribution is 2.21. The predicted octanol–water partition coefficient (Wildman–Crippen LogP) is 1.75. The molecule has 2 aromatic heterocycles. The highest BCUT2D eigenvalue weighted by molar-refractivity contribution is 5.49. The van der Waals surface area contributed by atoms with E-state index < -0.39 is 0 Å². The van der Waals surface area contributed by atoms with Crippen LogP contribution in [0.25, 0.3) is 11.5 Å². The molecule has 2 heterocycles. The summed E-state index contributed by atoms with van der Waals surface area (Å²) in [7, 11) is 1.93. The molecule has 5 heteroatoms. The molecule has 1 unspecified atom stereocenters. The molecule has 2 aromatic rings. The second kappa shape index (κ2) is 5.16. The van der Waals surface area contributed by atoms with Gasteiger partial charge in [-0.25, -0.2) is 0 Å². The lowest BCUT2D eigenvalue weighted by molar-refractivity contribution is 0.151. The fourth-order valence-corrected chi connectivity index (χ4v) is 1.47. The minimum absolute atomic E-state index is 0.0961. The number of rotatable bonds is 5. The van der Waals surface area contributed by atoms with Gasteiger partial charge in [0.05, 0.1) is 18.6 Å². The van der Waals surface area contributed by atoms with Gasteiger partial charge in [-0.15, -0.1) is 0 Å². The molecule has 0 aliphatic heterocycles. The number of nitrogens with zero attached hydrogens (tertiary/aromatic N) is 2. The van der Waals surface area contributed by atoms with E-state index in [4.69, 9.17) is 14.0 Å². The molecule has 17 heavy (non-hydrogen) atoms. The van der Waals surface area contributed by atoms with E-state index in [1.807, 2.05) is 31.0 Å². The van der Waals surface area contributed by atoms with E-state index in [0.717, 1.165) is 5.69 Å². The molecular formula is C12H16N2O3. The lowest BCUT2D eigenvalue weighted by Gasteiger charge is -2.21. The molecule has 5 nitrogen and oxygen atoms in total. The fraction of sp³-hybridized carbons (Fsp3) is 0.417. The summed E-state index contributed by atoms with van der Waals surface area (Å²) >= 11 is 0. The Morgan fingerprint density at radius 1 is 1.47 bits per heavy atom. The second-order valence-electron chi connectivity index (χ2n) is 4.11. The van der Waals surface area contributed by atoms with Gasteiger partial charge in [-0.05, 0) is 26.1 Å². The summed E-state index contributed by atoms with van der Waals surface area (Å²) in [5.41, 5.74) is 0.819. The zero-order valence-corrected chi connectivity index (χ0v) is 9.96. The van der Waals surface area contributed by atoms with Crippen LogP contribution in [0.1, 0.15) is 12.6 Å². The molecule has 92 valence electrons. The molecule has 0 amide bonds. The molecule has 1 N–H and O–H groups in total. The summed E-state index contributed by atoms with van der Waals surface area (Å²) in [6, 6.07) is 5.57. The Morgan fingerprint density at radius 3 is 2.94 bits per heavy atom. The minimum atomic E-state index is 0.0961. The molecule has 1 atom stereocenters. The van der Waals surface area contributed by atoms with Crippen molar-refractivity contribution >= 4 is 0 Å². The topological polar surface area (TPSA) is 62.6 Å². The maximum Gasteiger partial charge on any atom is 0.202 e. The molecule has 0 saturated carbocycles. The third kappa shape index (κ3) is 2.75. The van der Waals surface area contributed by atoms with Gasteiger partial charge in [-0.2, -0.15) is 0 Å². The van der Waals surface area contributed by atoms with E-state index in [-0.39, 0.29) is 12.6 Å². The largest absolute Gasteiger partial charge is 0.461 e. The maximum absolute atomic E-state index is 9.04. The second-order valence-corrected chi connectivity index (χ2v) is 4.11. The Bertz CT molecular complexity index is 450. The average molecular weight is 236 g/mol. The van der Waals surface area contributed by atoms with Crippen molar-refractivity contribution in [2.45, 2.75) is 19.5 Å². The fourth-order valence-electron chi connectivity index (χ4n) is 1.47. The first-order chi connectivity index (χ1) is 8.20. The maximum atomic E-state index is 9.04. The van der Waals surface area contributed by atoms with E-state index in [1.54, 1.807) is 12.3 Å². The third-order valence-electron chi connectivity index (χ3n) is 2.75. The number of furan rings is 1. The SMILES string of the molecule is CC(CO)N(C)Cc1cc(-c2ccco2)on1. The molecule has 0 spiro atoms. The van der Waals surface area contributed by atoms with E-state index >= 15 is 0 Å². The van der Waals surface area contributed by atoms with Crippen molar-refractivity contribution in [2.24, 2.45) is 0 Å². The molecule has 0 radical (unpaired) electrons. The van der Waals surface area contributed by atoms with Gasteiger partial charge in [0.2, 0.25) is 5.76 Å². The van der Waals surface area contributed by atoms with Gasteiger partial charge in [0.1, 0.15) is 0 Å². The Morgan fingerprint density at radius 2 is 2.29 bits per heavy atom. The Labute approximate surface area is 99.6 Å². The number of hydrogen-bond donors (Lipinski definition) is 1. The number of aromatic nitrogens is 1. The first-order valence-electron chi connectivity index (χ1n) is 5.51. The van der Waals surface area contributed by atoms with E-state index in [1.165, 1.54) is 0 Å². The quantitative estimate of drug-likeness (QED) is 0.856. The van der Waals surface area contributed by atoms with Crippen molar-refractivity contribution in [1.29, 1.82) is 0 Å². The van der Waals surface area contributed by atoms with Crippen molar-refractivity contribution in [1.82, 2.24) is 10.1 Å². The van der Waals surface area contributed by atoms with Crippen LogP contribution in [-0.4, -0.2) is 34.9 Å². The van der Waals surface area contributed by atoms with Crippen LogP contribution >= 0.6 is 0 Å². The van der Waals surface area contributed by atoms with Gasteiger partial charge in [0.25, 0.3) is 0 Å². The number of aliphatic hydroxyl groups excluding tert-OH is 1. The standard InChI is InChI=1S/C12H16N2O3/c1-9(8-15)14(2)7-10-6-12(17-13-10)11-4-3-5-16-11/h3-6,9,15H,7-8H2,1-2H3. The summed E-state index contributed by atoms with van der Waals surface area (Å²) in [5, 5.41) is 13.0. The first-order valence-corrected chi connectivity index (χ1v) is 5.51. The number of likely N-dealkylation sites (N-methyl/N-ethyl adjacent to an activating group) is 1. The van der Waals surface area contributed by atoms with Crippen molar-refractivity contribution in [3.8, 4) is 11.5 Å². The monoisotopic (exact) mass is 236 g/mol.